The quantitative estimate of drug-likeness (QED) is 0.848. The molecule has 0 unspecified atom stereocenters. The highest BCUT2D eigenvalue weighted by Gasteiger charge is 2.33. The van der Waals surface area contributed by atoms with Crippen molar-refractivity contribution in [1.29, 1.82) is 0 Å². The van der Waals surface area contributed by atoms with Crippen LogP contribution in [0, 0.1) is 5.92 Å². The molecule has 0 spiro atoms. The van der Waals surface area contributed by atoms with Gasteiger partial charge in [-0.1, -0.05) is 0 Å². The number of aromatic nitrogens is 4. The van der Waals surface area contributed by atoms with E-state index in [0.717, 1.165) is 57.0 Å². The number of anilines is 1. The van der Waals surface area contributed by atoms with E-state index in [4.69, 9.17) is 0 Å². The van der Waals surface area contributed by atoms with Crippen LogP contribution >= 0.6 is 11.3 Å². The van der Waals surface area contributed by atoms with Gasteiger partial charge in [-0.15, -0.1) is 11.3 Å². The van der Waals surface area contributed by atoms with Crippen LogP contribution in [0.2, 0.25) is 0 Å². The van der Waals surface area contributed by atoms with Gasteiger partial charge >= 0.3 is 0 Å². The van der Waals surface area contributed by atoms with Crippen molar-refractivity contribution in [3.05, 3.63) is 24.2 Å². The Morgan fingerprint density at radius 1 is 1.21 bits per heavy atom. The summed E-state index contributed by atoms with van der Waals surface area (Å²) in [5.74, 6) is 0.373. The van der Waals surface area contributed by atoms with E-state index in [0.29, 0.717) is 5.91 Å². The van der Waals surface area contributed by atoms with Crippen LogP contribution in [0.3, 0.4) is 0 Å². The molecule has 0 radical (unpaired) electrons. The number of carbonyl (C=O) groups excluding carboxylic acids is 1. The molecule has 2 saturated heterocycles. The van der Waals surface area contributed by atoms with Gasteiger partial charge in [-0.2, -0.15) is 5.10 Å². The zero-order valence-electron chi connectivity index (χ0n) is 13.6. The molecule has 2 fully saturated rings. The smallest absolute Gasteiger partial charge is 0.227 e. The van der Waals surface area contributed by atoms with Crippen LogP contribution in [-0.2, 0) is 4.79 Å². The van der Waals surface area contributed by atoms with Crippen LogP contribution in [0.25, 0.3) is 0 Å². The van der Waals surface area contributed by atoms with Crippen molar-refractivity contribution >= 4 is 22.4 Å². The second-order valence-corrected chi connectivity index (χ2v) is 7.43. The minimum absolute atomic E-state index is 0.0807. The van der Waals surface area contributed by atoms with Crippen molar-refractivity contribution in [2.45, 2.75) is 31.7 Å². The van der Waals surface area contributed by atoms with Crippen LogP contribution in [0.1, 0.15) is 31.7 Å². The molecule has 0 aromatic carbocycles. The van der Waals surface area contributed by atoms with Gasteiger partial charge in [0.05, 0.1) is 12.0 Å². The largest absolute Gasteiger partial charge is 0.347 e. The van der Waals surface area contributed by atoms with Crippen LogP contribution in [-0.4, -0.2) is 56.7 Å². The summed E-state index contributed by atoms with van der Waals surface area (Å²) in [5, 5.41) is 7.27. The lowest BCUT2D eigenvalue weighted by molar-refractivity contribution is -0.137. The summed E-state index contributed by atoms with van der Waals surface area (Å²) in [6, 6.07) is 0.254. The molecule has 2 aliphatic heterocycles. The zero-order valence-corrected chi connectivity index (χ0v) is 14.4. The molecule has 24 heavy (non-hydrogen) atoms. The fourth-order valence-electron chi connectivity index (χ4n) is 3.76. The van der Waals surface area contributed by atoms with Crippen molar-refractivity contribution in [1.82, 2.24) is 24.6 Å². The number of hydrogen-bond acceptors (Lipinski definition) is 6. The SMILES string of the molecule is O=C([C@H]1CCCN(c2nccs2)C1)N1CCC[C@H](n2cncn2)C1. The van der Waals surface area contributed by atoms with E-state index >= 15 is 0 Å². The lowest BCUT2D eigenvalue weighted by atomic mass is 9.95. The lowest BCUT2D eigenvalue weighted by Gasteiger charge is -2.38. The van der Waals surface area contributed by atoms with E-state index in [1.165, 1.54) is 0 Å². The van der Waals surface area contributed by atoms with Crippen molar-refractivity contribution in [3.8, 4) is 0 Å². The average Bonchev–Trinajstić information content (AvgIpc) is 3.35. The first-order valence-corrected chi connectivity index (χ1v) is 9.46. The molecule has 0 bridgehead atoms. The first-order chi connectivity index (χ1) is 11.8. The molecule has 128 valence electrons. The second-order valence-electron chi connectivity index (χ2n) is 6.56. The third-order valence-electron chi connectivity index (χ3n) is 4.98. The molecule has 2 aliphatic rings. The van der Waals surface area contributed by atoms with E-state index in [1.54, 1.807) is 24.0 Å². The number of thiazole rings is 1. The van der Waals surface area contributed by atoms with Crippen LogP contribution in [0.4, 0.5) is 5.13 Å². The van der Waals surface area contributed by atoms with Gasteiger partial charge < -0.3 is 9.80 Å². The predicted molar refractivity (Wildman–Crippen MR) is 91.9 cm³/mol. The van der Waals surface area contributed by atoms with Crippen LogP contribution in [0.5, 0.6) is 0 Å². The highest BCUT2D eigenvalue weighted by Crippen LogP contribution is 2.28. The maximum atomic E-state index is 13.0. The number of amides is 1. The first kappa shape index (κ1) is 15.6. The van der Waals surface area contributed by atoms with Crippen molar-refractivity contribution in [2.75, 3.05) is 31.1 Å². The van der Waals surface area contributed by atoms with E-state index in [-0.39, 0.29) is 12.0 Å². The molecule has 2 aromatic rings. The van der Waals surface area contributed by atoms with Crippen LogP contribution < -0.4 is 4.90 Å². The van der Waals surface area contributed by atoms with Crippen LogP contribution in [0.15, 0.2) is 24.2 Å². The number of piperidine rings is 2. The molecule has 2 aromatic heterocycles. The molecule has 4 heterocycles. The zero-order chi connectivity index (χ0) is 16.4. The van der Waals surface area contributed by atoms with Gasteiger partial charge in [-0.3, -0.25) is 4.79 Å². The number of carbonyl (C=O) groups is 1. The van der Waals surface area contributed by atoms with E-state index in [9.17, 15) is 4.79 Å². The Morgan fingerprint density at radius 2 is 2.12 bits per heavy atom. The predicted octanol–water partition coefficient (Wildman–Crippen LogP) is 1.81. The Bertz CT molecular complexity index is 602. The fraction of sp³-hybridized carbons (Fsp3) is 0.625. The van der Waals surface area contributed by atoms with Crippen molar-refractivity contribution in [3.63, 3.8) is 0 Å². The number of likely N-dealkylation sites (tertiary alicyclic amines) is 1. The molecule has 4 rings (SSSR count). The average molecular weight is 346 g/mol. The first-order valence-electron chi connectivity index (χ1n) is 8.58. The van der Waals surface area contributed by atoms with E-state index in [1.807, 2.05) is 21.2 Å². The van der Waals surface area contributed by atoms with E-state index in [2.05, 4.69) is 20.0 Å². The summed E-state index contributed by atoms with van der Waals surface area (Å²) in [4.78, 5) is 25.7. The number of hydrogen-bond donors (Lipinski definition) is 0. The van der Waals surface area contributed by atoms with Crippen molar-refractivity contribution < 1.29 is 4.79 Å². The molecule has 0 N–H and O–H groups in total. The molecule has 0 saturated carbocycles. The maximum Gasteiger partial charge on any atom is 0.227 e. The van der Waals surface area contributed by atoms with Gasteiger partial charge in [0.2, 0.25) is 5.91 Å². The minimum atomic E-state index is 0.0807. The third kappa shape index (κ3) is 3.15. The lowest BCUT2D eigenvalue weighted by Crippen LogP contribution is -2.48. The molecule has 1 amide bonds. The van der Waals surface area contributed by atoms with Gasteiger partial charge in [0.25, 0.3) is 0 Å². The van der Waals surface area contributed by atoms with Gasteiger partial charge in [-0.05, 0) is 25.7 Å². The summed E-state index contributed by atoms with van der Waals surface area (Å²) >= 11 is 1.65. The maximum absolute atomic E-state index is 13.0. The van der Waals surface area contributed by atoms with Crippen molar-refractivity contribution in [2.24, 2.45) is 5.92 Å². The summed E-state index contributed by atoms with van der Waals surface area (Å²) in [6.07, 6.45) is 9.26. The summed E-state index contributed by atoms with van der Waals surface area (Å²) < 4.78 is 1.89. The van der Waals surface area contributed by atoms with Gasteiger partial charge in [0, 0.05) is 37.8 Å². The Hall–Kier alpha value is -1.96. The normalized spacial score (nSPS) is 25.0. The summed E-state index contributed by atoms with van der Waals surface area (Å²) in [6.45, 7) is 3.39. The highest BCUT2D eigenvalue weighted by molar-refractivity contribution is 7.13. The minimum Gasteiger partial charge on any atom is -0.347 e. The van der Waals surface area contributed by atoms with E-state index < -0.39 is 0 Å². The Balaban J connectivity index is 1.41. The molecular formula is C16H22N6OS. The standard InChI is InChI=1S/C16H22N6OS/c23-15(13-3-1-7-21(9-13)16-18-5-8-24-16)20-6-2-4-14(10-20)22-12-17-11-19-22/h5,8,11-14H,1-4,6-7,9-10H2/t13-,14-/m0/s1. The monoisotopic (exact) mass is 346 g/mol. The molecule has 7 nitrogen and oxygen atoms in total. The fourth-order valence-corrected chi connectivity index (χ4v) is 4.44. The Kier molecular flexibility index (Phi) is 4.46. The van der Waals surface area contributed by atoms with Gasteiger partial charge in [-0.25, -0.2) is 14.6 Å². The topological polar surface area (TPSA) is 67.2 Å². The van der Waals surface area contributed by atoms with Gasteiger partial charge in [0.1, 0.15) is 12.7 Å². The number of rotatable bonds is 3. The highest BCUT2D eigenvalue weighted by atomic mass is 32.1. The van der Waals surface area contributed by atoms with Gasteiger partial charge in [0.15, 0.2) is 5.13 Å². The molecule has 2 atom stereocenters. The second kappa shape index (κ2) is 6.88. The summed E-state index contributed by atoms with van der Waals surface area (Å²) in [7, 11) is 0. The molecular weight excluding hydrogens is 324 g/mol. The third-order valence-corrected chi connectivity index (χ3v) is 5.81. The number of nitrogens with zero attached hydrogens (tertiary/aromatic N) is 6. The molecule has 8 heteroatoms. The Labute approximate surface area is 145 Å². The Morgan fingerprint density at radius 3 is 2.92 bits per heavy atom. The summed E-state index contributed by atoms with van der Waals surface area (Å²) in [5.41, 5.74) is 0. The molecule has 0 aliphatic carbocycles.